The Kier molecular flexibility index (Phi) is 3.38. The number of phenols is 1. The van der Waals surface area contributed by atoms with Gasteiger partial charge in [-0.15, -0.1) is 0 Å². The van der Waals surface area contributed by atoms with E-state index in [2.05, 4.69) is 0 Å². The third-order valence-corrected chi connectivity index (χ3v) is 1.97. The third kappa shape index (κ3) is 2.25. The van der Waals surface area contributed by atoms with E-state index in [1.165, 1.54) is 0 Å². The zero-order valence-corrected chi connectivity index (χ0v) is 7.88. The number of hydrogen-bond donors (Lipinski definition) is 3. The fourth-order valence-electron chi connectivity index (χ4n) is 1.11. The number of aliphatic carboxylic acids is 1. The van der Waals surface area contributed by atoms with Crippen LogP contribution >= 0.6 is 0 Å². The average molecular weight is 235 g/mol. The molecule has 1 aromatic rings. The van der Waals surface area contributed by atoms with E-state index >= 15 is 0 Å². The lowest BCUT2D eigenvalue weighted by molar-refractivity contribution is -0.138. The molecule has 1 rings (SSSR count). The summed E-state index contributed by atoms with van der Waals surface area (Å²) in [6.45, 7) is 0. The van der Waals surface area contributed by atoms with E-state index in [4.69, 9.17) is 15.9 Å². The minimum absolute atomic E-state index is 0.397. The summed E-state index contributed by atoms with van der Waals surface area (Å²) >= 11 is 0. The first-order valence-electron chi connectivity index (χ1n) is 4.18. The Morgan fingerprint density at radius 2 is 1.94 bits per heavy atom. The molecule has 0 aliphatic carbocycles. The van der Waals surface area contributed by atoms with Crippen LogP contribution in [0.4, 0.5) is 13.2 Å². The highest BCUT2D eigenvalue weighted by Gasteiger charge is 2.21. The smallest absolute Gasteiger partial charge is 0.320 e. The molecule has 0 radical (unpaired) electrons. The van der Waals surface area contributed by atoms with Gasteiger partial charge in [0.25, 0.3) is 0 Å². The fraction of sp³-hybridized carbons (Fsp3) is 0.222. The number of nitrogens with two attached hydrogens (primary N) is 1. The van der Waals surface area contributed by atoms with Crippen LogP contribution in [0.15, 0.2) is 6.07 Å². The Bertz CT molecular complexity index is 436. The highest BCUT2D eigenvalue weighted by Crippen LogP contribution is 2.26. The van der Waals surface area contributed by atoms with Crippen molar-refractivity contribution in [1.82, 2.24) is 0 Å². The molecule has 88 valence electrons. The summed E-state index contributed by atoms with van der Waals surface area (Å²) in [7, 11) is 0. The SMILES string of the molecule is NC(Cc1cc(F)c(F)c(F)c1O)C(=O)O. The molecule has 1 atom stereocenters. The van der Waals surface area contributed by atoms with Crippen LogP contribution in [0.2, 0.25) is 0 Å². The van der Waals surface area contributed by atoms with Gasteiger partial charge in [-0.2, -0.15) is 4.39 Å². The summed E-state index contributed by atoms with van der Waals surface area (Å²) in [5.41, 5.74) is 4.71. The molecule has 4 nitrogen and oxygen atoms in total. The van der Waals surface area contributed by atoms with E-state index in [1.54, 1.807) is 0 Å². The summed E-state index contributed by atoms with van der Waals surface area (Å²) in [6.07, 6.45) is -0.505. The first-order valence-corrected chi connectivity index (χ1v) is 4.18. The summed E-state index contributed by atoms with van der Waals surface area (Å²) < 4.78 is 38.2. The summed E-state index contributed by atoms with van der Waals surface area (Å²) in [4.78, 5) is 10.4. The molecule has 7 heteroatoms. The molecule has 16 heavy (non-hydrogen) atoms. The molecule has 0 spiro atoms. The van der Waals surface area contributed by atoms with Gasteiger partial charge in [-0.1, -0.05) is 0 Å². The van der Waals surface area contributed by atoms with Gasteiger partial charge in [-0.25, -0.2) is 8.78 Å². The van der Waals surface area contributed by atoms with Crippen molar-refractivity contribution in [2.75, 3.05) is 0 Å². The molecule has 1 aromatic carbocycles. The highest BCUT2D eigenvalue weighted by atomic mass is 19.2. The number of benzene rings is 1. The van der Waals surface area contributed by atoms with Crippen LogP contribution in [-0.2, 0) is 11.2 Å². The first kappa shape index (κ1) is 12.3. The molecular formula is C9H8F3NO3. The van der Waals surface area contributed by atoms with E-state index in [-0.39, 0.29) is 0 Å². The van der Waals surface area contributed by atoms with Crippen LogP contribution in [0.25, 0.3) is 0 Å². The standard InChI is InChI=1S/C9H8F3NO3/c10-4-1-3(2-5(13)9(15)16)8(14)7(12)6(4)11/h1,5,14H,2,13H2,(H,15,16). The molecule has 0 bridgehead atoms. The van der Waals surface area contributed by atoms with Crippen LogP contribution in [0.3, 0.4) is 0 Å². The Morgan fingerprint density at radius 1 is 1.38 bits per heavy atom. The number of hydrogen-bond acceptors (Lipinski definition) is 3. The number of rotatable bonds is 3. The Labute approximate surface area is 88.1 Å². The molecule has 0 aliphatic heterocycles. The lowest BCUT2D eigenvalue weighted by Gasteiger charge is -2.09. The number of carbonyl (C=O) groups is 1. The van der Waals surface area contributed by atoms with Crippen LogP contribution in [-0.4, -0.2) is 22.2 Å². The second-order valence-corrected chi connectivity index (χ2v) is 3.14. The second kappa shape index (κ2) is 4.40. The molecule has 0 saturated heterocycles. The number of aromatic hydroxyl groups is 1. The molecule has 0 saturated carbocycles. The Hall–Kier alpha value is -1.76. The average Bonchev–Trinajstić information content (AvgIpc) is 2.22. The van der Waals surface area contributed by atoms with E-state index in [1.807, 2.05) is 0 Å². The van der Waals surface area contributed by atoms with Crippen LogP contribution in [0, 0.1) is 17.5 Å². The zero-order valence-electron chi connectivity index (χ0n) is 7.88. The maximum absolute atomic E-state index is 12.9. The van der Waals surface area contributed by atoms with E-state index in [0.717, 1.165) is 0 Å². The van der Waals surface area contributed by atoms with Gasteiger partial charge in [-0.3, -0.25) is 4.79 Å². The van der Waals surface area contributed by atoms with Crippen molar-refractivity contribution in [2.45, 2.75) is 12.5 Å². The largest absolute Gasteiger partial charge is 0.505 e. The van der Waals surface area contributed by atoms with Crippen LogP contribution in [0.5, 0.6) is 5.75 Å². The molecule has 0 amide bonds. The van der Waals surface area contributed by atoms with Crippen molar-refractivity contribution in [3.05, 3.63) is 29.1 Å². The maximum Gasteiger partial charge on any atom is 0.320 e. The van der Waals surface area contributed by atoms with Crippen molar-refractivity contribution in [3.8, 4) is 5.75 Å². The second-order valence-electron chi connectivity index (χ2n) is 3.14. The van der Waals surface area contributed by atoms with Gasteiger partial charge >= 0.3 is 5.97 Å². The lowest BCUT2D eigenvalue weighted by atomic mass is 10.0. The van der Waals surface area contributed by atoms with E-state index in [9.17, 15) is 18.0 Å². The van der Waals surface area contributed by atoms with Gasteiger partial charge in [0.05, 0.1) is 0 Å². The van der Waals surface area contributed by atoms with Gasteiger partial charge in [-0.05, 0) is 6.07 Å². The Morgan fingerprint density at radius 3 is 2.44 bits per heavy atom. The molecule has 0 heterocycles. The molecule has 4 N–H and O–H groups in total. The predicted octanol–water partition coefficient (Wildman–Crippen LogP) is 0.764. The van der Waals surface area contributed by atoms with Crippen molar-refractivity contribution in [2.24, 2.45) is 5.73 Å². The topological polar surface area (TPSA) is 83.5 Å². The van der Waals surface area contributed by atoms with E-state index in [0.29, 0.717) is 6.07 Å². The number of carboxylic acids is 1. The van der Waals surface area contributed by atoms with Crippen molar-refractivity contribution >= 4 is 5.97 Å². The normalized spacial score (nSPS) is 12.5. The molecule has 0 fully saturated rings. The summed E-state index contributed by atoms with van der Waals surface area (Å²) in [5, 5.41) is 17.6. The first-order chi connectivity index (χ1) is 7.34. The summed E-state index contributed by atoms with van der Waals surface area (Å²) in [6, 6.07) is -0.925. The molecule has 1 unspecified atom stereocenters. The predicted molar refractivity (Wildman–Crippen MR) is 47.3 cm³/mol. The van der Waals surface area contributed by atoms with Crippen molar-refractivity contribution in [1.29, 1.82) is 0 Å². The van der Waals surface area contributed by atoms with Gasteiger partial charge < -0.3 is 15.9 Å². The Balaban J connectivity index is 3.11. The monoisotopic (exact) mass is 235 g/mol. The van der Waals surface area contributed by atoms with Gasteiger partial charge in [0.15, 0.2) is 17.4 Å². The van der Waals surface area contributed by atoms with Crippen molar-refractivity contribution < 1.29 is 28.2 Å². The van der Waals surface area contributed by atoms with Gasteiger partial charge in [0, 0.05) is 12.0 Å². The maximum atomic E-state index is 12.9. The minimum atomic E-state index is -1.81. The summed E-state index contributed by atoms with van der Waals surface area (Å²) in [5.74, 6) is -7.61. The number of carboxylic acid groups (broad SMARTS) is 1. The highest BCUT2D eigenvalue weighted by molar-refractivity contribution is 5.73. The quantitative estimate of drug-likeness (QED) is 0.675. The fourth-order valence-corrected chi connectivity index (χ4v) is 1.11. The van der Waals surface area contributed by atoms with Crippen LogP contribution in [0.1, 0.15) is 5.56 Å². The zero-order chi connectivity index (χ0) is 12.5. The molecular weight excluding hydrogens is 227 g/mol. The molecule has 0 aromatic heterocycles. The van der Waals surface area contributed by atoms with Gasteiger partial charge in [0.2, 0.25) is 5.82 Å². The number of phenolic OH excluding ortho intramolecular Hbond substituents is 1. The lowest BCUT2D eigenvalue weighted by Crippen LogP contribution is -2.32. The van der Waals surface area contributed by atoms with Gasteiger partial charge in [0.1, 0.15) is 6.04 Å². The number of halogens is 3. The minimum Gasteiger partial charge on any atom is -0.505 e. The van der Waals surface area contributed by atoms with Crippen molar-refractivity contribution in [3.63, 3.8) is 0 Å². The third-order valence-electron chi connectivity index (χ3n) is 1.97. The molecule has 0 aliphatic rings. The van der Waals surface area contributed by atoms with E-state index < -0.39 is 47.2 Å². The van der Waals surface area contributed by atoms with Crippen LogP contribution < -0.4 is 5.73 Å².